The molecule has 1 aromatic heterocycles. The van der Waals surface area contributed by atoms with Crippen LogP contribution in [-0.2, 0) is 11.2 Å². The summed E-state index contributed by atoms with van der Waals surface area (Å²) in [4.78, 5) is 0. The molecule has 0 atom stereocenters. The monoisotopic (exact) mass is 281 g/mol. The van der Waals surface area contributed by atoms with Crippen LogP contribution in [0.15, 0.2) is 16.8 Å². The molecule has 1 N–H and O–H groups in total. The van der Waals surface area contributed by atoms with Crippen molar-refractivity contribution in [3.63, 3.8) is 0 Å². The van der Waals surface area contributed by atoms with Crippen LogP contribution in [0.5, 0.6) is 0 Å². The Hall–Kier alpha value is -0.380. The van der Waals surface area contributed by atoms with Crippen LogP contribution in [0.1, 0.15) is 45.6 Å². The van der Waals surface area contributed by atoms with E-state index in [0.717, 1.165) is 19.8 Å². The predicted octanol–water partition coefficient (Wildman–Crippen LogP) is 3.87. The molecule has 0 unspecified atom stereocenters. The molecule has 1 aliphatic heterocycles. The standard InChI is InChI=1S/C16H27NOS/c1-15(2,3)17-13-16(7-9-18-10-8-16)6-4-14-5-11-19-12-14/h5,11-12,17H,4,6-10,13H2,1-3H3. The first-order valence-corrected chi connectivity index (χ1v) is 8.27. The molecule has 0 saturated carbocycles. The molecule has 2 rings (SSSR count). The quantitative estimate of drug-likeness (QED) is 0.884. The topological polar surface area (TPSA) is 21.3 Å². The van der Waals surface area contributed by atoms with Crippen LogP contribution in [0, 0.1) is 5.41 Å². The van der Waals surface area contributed by atoms with E-state index >= 15 is 0 Å². The van der Waals surface area contributed by atoms with Crippen LogP contribution >= 0.6 is 11.3 Å². The van der Waals surface area contributed by atoms with Gasteiger partial charge < -0.3 is 10.1 Å². The van der Waals surface area contributed by atoms with Gasteiger partial charge in [0, 0.05) is 25.3 Å². The average Bonchev–Trinajstić information content (AvgIpc) is 2.88. The maximum absolute atomic E-state index is 5.57. The number of rotatable bonds is 5. The van der Waals surface area contributed by atoms with Gasteiger partial charge in [-0.3, -0.25) is 0 Å². The lowest BCUT2D eigenvalue weighted by Gasteiger charge is -2.39. The fourth-order valence-corrected chi connectivity index (χ4v) is 3.32. The summed E-state index contributed by atoms with van der Waals surface area (Å²) >= 11 is 1.80. The smallest absolute Gasteiger partial charge is 0.0471 e. The SMILES string of the molecule is CC(C)(C)NCC1(CCc2ccsc2)CCOCC1. The molecule has 19 heavy (non-hydrogen) atoms. The van der Waals surface area contributed by atoms with Crippen LogP contribution in [-0.4, -0.2) is 25.3 Å². The second kappa shape index (κ2) is 6.38. The number of hydrogen-bond acceptors (Lipinski definition) is 3. The fourth-order valence-electron chi connectivity index (χ4n) is 2.62. The first-order chi connectivity index (χ1) is 8.99. The molecule has 108 valence electrons. The summed E-state index contributed by atoms with van der Waals surface area (Å²) in [6, 6.07) is 2.26. The Balaban J connectivity index is 1.93. The number of nitrogens with one attached hydrogen (secondary N) is 1. The lowest BCUT2D eigenvalue weighted by molar-refractivity contribution is 0.00775. The molecule has 3 heteroatoms. The Labute approximate surface area is 121 Å². The number of hydrogen-bond donors (Lipinski definition) is 1. The first-order valence-electron chi connectivity index (χ1n) is 7.33. The molecule has 0 radical (unpaired) electrons. The maximum atomic E-state index is 5.57. The molecule has 1 saturated heterocycles. The second-order valence-electron chi connectivity index (χ2n) is 6.85. The minimum atomic E-state index is 0.202. The van der Waals surface area contributed by atoms with Crippen molar-refractivity contribution in [2.24, 2.45) is 5.41 Å². The Bertz CT molecular complexity index is 361. The molecule has 0 aliphatic carbocycles. The lowest BCUT2D eigenvalue weighted by atomic mass is 9.75. The van der Waals surface area contributed by atoms with E-state index in [4.69, 9.17) is 4.74 Å². The van der Waals surface area contributed by atoms with Gasteiger partial charge in [-0.2, -0.15) is 11.3 Å². The minimum absolute atomic E-state index is 0.202. The van der Waals surface area contributed by atoms with E-state index in [0.29, 0.717) is 5.41 Å². The normalized spacial score (nSPS) is 19.5. The first kappa shape index (κ1) is 15.0. The van der Waals surface area contributed by atoms with E-state index < -0.39 is 0 Å². The lowest BCUT2D eigenvalue weighted by Crippen LogP contribution is -2.46. The van der Waals surface area contributed by atoms with Gasteiger partial charge in [0.1, 0.15) is 0 Å². The van der Waals surface area contributed by atoms with Crippen molar-refractivity contribution in [3.8, 4) is 0 Å². The summed E-state index contributed by atoms with van der Waals surface area (Å²) in [5.41, 5.74) is 2.12. The van der Waals surface area contributed by atoms with Crippen LogP contribution in [0.25, 0.3) is 0 Å². The molecule has 0 aromatic carbocycles. The predicted molar refractivity (Wildman–Crippen MR) is 82.9 cm³/mol. The second-order valence-corrected chi connectivity index (χ2v) is 7.63. The summed E-state index contributed by atoms with van der Waals surface area (Å²) in [5, 5.41) is 8.17. The van der Waals surface area contributed by atoms with Crippen LogP contribution in [0.2, 0.25) is 0 Å². The third-order valence-corrected chi connectivity index (χ3v) is 4.80. The molecule has 1 fully saturated rings. The van der Waals surface area contributed by atoms with Crippen LogP contribution in [0.3, 0.4) is 0 Å². The summed E-state index contributed by atoms with van der Waals surface area (Å²) in [5.74, 6) is 0. The van der Waals surface area contributed by atoms with Crippen molar-refractivity contribution in [3.05, 3.63) is 22.4 Å². The Morgan fingerprint density at radius 1 is 1.32 bits per heavy atom. The molecular weight excluding hydrogens is 254 g/mol. The molecule has 1 aliphatic rings. The zero-order valence-electron chi connectivity index (χ0n) is 12.5. The Morgan fingerprint density at radius 2 is 2.05 bits per heavy atom. The Morgan fingerprint density at radius 3 is 2.63 bits per heavy atom. The van der Waals surface area contributed by atoms with Gasteiger partial charge in [-0.25, -0.2) is 0 Å². The highest BCUT2D eigenvalue weighted by Gasteiger charge is 2.33. The van der Waals surface area contributed by atoms with Gasteiger partial charge in [-0.15, -0.1) is 0 Å². The highest BCUT2D eigenvalue weighted by atomic mass is 32.1. The van der Waals surface area contributed by atoms with Crippen molar-refractivity contribution in [2.75, 3.05) is 19.8 Å². The number of aryl methyl sites for hydroxylation is 1. The van der Waals surface area contributed by atoms with Gasteiger partial charge in [0.15, 0.2) is 0 Å². The Kier molecular flexibility index (Phi) is 5.04. The minimum Gasteiger partial charge on any atom is -0.381 e. The van der Waals surface area contributed by atoms with Gasteiger partial charge in [0.25, 0.3) is 0 Å². The molecule has 2 nitrogen and oxygen atoms in total. The maximum Gasteiger partial charge on any atom is 0.0471 e. The highest BCUT2D eigenvalue weighted by molar-refractivity contribution is 7.07. The third kappa shape index (κ3) is 4.90. The summed E-state index contributed by atoms with van der Waals surface area (Å²) in [7, 11) is 0. The average molecular weight is 281 g/mol. The molecule has 1 aromatic rings. The van der Waals surface area contributed by atoms with Crippen molar-refractivity contribution >= 4 is 11.3 Å². The highest BCUT2D eigenvalue weighted by Crippen LogP contribution is 2.35. The summed E-state index contributed by atoms with van der Waals surface area (Å²) in [6.45, 7) is 9.71. The zero-order chi connectivity index (χ0) is 13.8. The van der Waals surface area contributed by atoms with E-state index in [2.05, 4.69) is 42.9 Å². The van der Waals surface area contributed by atoms with Gasteiger partial charge in [-0.05, 0) is 74.3 Å². The fraction of sp³-hybridized carbons (Fsp3) is 0.750. The summed E-state index contributed by atoms with van der Waals surface area (Å²) in [6.07, 6.45) is 4.87. The van der Waals surface area contributed by atoms with Gasteiger partial charge in [-0.1, -0.05) is 0 Å². The largest absolute Gasteiger partial charge is 0.381 e. The molecule has 0 bridgehead atoms. The van der Waals surface area contributed by atoms with Crippen molar-refractivity contribution in [2.45, 2.75) is 52.0 Å². The number of ether oxygens (including phenoxy) is 1. The van der Waals surface area contributed by atoms with Crippen LogP contribution in [0.4, 0.5) is 0 Å². The number of thiophene rings is 1. The van der Waals surface area contributed by atoms with Crippen molar-refractivity contribution in [1.29, 1.82) is 0 Å². The van der Waals surface area contributed by atoms with E-state index in [1.165, 1.54) is 31.2 Å². The van der Waals surface area contributed by atoms with Gasteiger partial charge >= 0.3 is 0 Å². The molecule has 0 amide bonds. The van der Waals surface area contributed by atoms with E-state index in [1.807, 2.05) is 0 Å². The van der Waals surface area contributed by atoms with Crippen molar-refractivity contribution < 1.29 is 4.74 Å². The zero-order valence-corrected chi connectivity index (χ0v) is 13.3. The summed E-state index contributed by atoms with van der Waals surface area (Å²) < 4.78 is 5.57. The van der Waals surface area contributed by atoms with E-state index in [-0.39, 0.29) is 5.54 Å². The molecule has 0 spiro atoms. The van der Waals surface area contributed by atoms with Gasteiger partial charge in [0.05, 0.1) is 0 Å². The van der Waals surface area contributed by atoms with E-state index in [1.54, 1.807) is 11.3 Å². The molecular formula is C16H27NOS. The molecule has 2 heterocycles. The van der Waals surface area contributed by atoms with Crippen LogP contribution < -0.4 is 5.32 Å². The van der Waals surface area contributed by atoms with Crippen molar-refractivity contribution in [1.82, 2.24) is 5.32 Å². The van der Waals surface area contributed by atoms with Gasteiger partial charge in [0.2, 0.25) is 0 Å². The van der Waals surface area contributed by atoms with E-state index in [9.17, 15) is 0 Å². The third-order valence-electron chi connectivity index (χ3n) is 4.07.